The SMILES string of the molecule is O=C1NC(=O)C(Cc2ccc3oc(CN4CCOc5ccccc54)cc3c2)S1. The van der Waals surface area contributed by atoms with Crippen molar-refractivity contribution < 1.29 is 18.7 Å². The number of amides is 2. The topological polar surface area (TPSA) is 71.8 Å². The molecule has 6 nitrogen and oxygen atoms in total. The van der Waals surface area contributed by atoms with Crippen LogP contribution in [0.2, 0.25) is 0 Å². The lowest BCUT2D eigenvalue weighted by atomic mass is 10.1. The molecule has 0 aliphatic carbocycles. The lowest BCUT2D eigenvalue weighted by Gasteiger charge is -2.30. The molecule has 1 atom stereocenters. The van der Waals surface area contributed by atoms with Gasteiger partial charge in [0.05, 0.1) is 24.0 Å². The van der Waals surface area contributed by atoms with Crippen LogP contribution in [0.1, 0.15) is 11.3 Å². The molecule has 2 amide bonds. The highest BCUT2D eigenvalue weighted by atomic mass is 32.2. The average Bonchev–Trinajstić information content (AvgIpc) is 3.23. The van der Waals surface area contributed by atoms with E-state index in [1.54, 1.807) is 0 Å². The van der Waals surface area contributed by atoms with Gasteiger partial charge >= 0.3 is 0 Å². The van der Waals surface area contributed by atoms with Crippen molar-refractivity contribution in [2.24, 2.45) is 0 Å². The Labute approximate surface area is 165 Å². The summed E-state index contributed by atoms with van der Waals surface area (Å²) in [5.74, 6) is 1.56. The van der Waals surface area contributed by atoms with Crippen molar-refractivity contribution in [2.75, 3.05) is 18.1 Å². The van der Waals surface area contributed by atoms with Gasteiger partial charge in [-0.25, -0.2) is 0 Å². The number of hydrogen-bond acceptors (Lipinski definition) is 6. The van der Waals surface area contributed by atoms with Crippen molar-refractivity contribution in [1.29, 1.82) is 0 Å². The number of rotatable bonds is 4. The third-order valence-electron chi connectivity index (χ3n) is 4.99. The minimum Gasteiger partial charge on any atom is -0.490 e. The van der Waals surface area contributed by atoms with E-state index >= 15 is 0 Å². The third kappa shape index (κ3) is 3.22. The predicted octanol–water partition coefficient (Wildman–Crippen LogP) is 3.73. The molecule has 3 heterocycles. The highest BCUT2D eigenvalue weighted by molar-refractivity contribution is 8.15. The van der Waals surface area contributed by atoms with Gasteiger partial charge in [-0.2, -0.15) is 0 Å². The molecule has 142 valence electrons. The Bertz CT molecular complexity index is 1080. The van der Waals surface area contributed by atoms with E-state index < -0.39 is 0 Å². The maximum atomic E-state index is 11.8. The molecular formula is C21H18N2O4S. The Morgan fingerprint density at radius 2 is 2.04 bits per heavy atom. The molecule has 0 radical (unpaired) electrons. The normalized spacial score (nSPS) is 18.9. The lowest BCUT2D eigenvalue weighted by Crippen LogP contribution is -2.31. The molecule has 0 spiro atoms. The van der Waals surface area contributed by atoms with Crippen LogP contribution in [0.25, 0.3) is 11.0 Å². The van der Waals surface area contributed by atoms with E-state index in [9.17, 15) is 9.59 Å². The zero-order chi connectivity index (χ0) is 19.1. The van der Waals surface area contributed by atoms with Crippen LogP contribution < -0.4 is 15.0 Å². The first-order valence-electron chi connectivity index (χ1n) is 9.15. The molecule has 1 fully saturated rings. The van der Waals surface area contributed by atoms with Gasteiger partial charge in [0.15, 0.2) is 0 Å². The van der Waals surface area contributed by atoms with Crippen molar-refractivity contribution in [1.82, 2.24) is 5.32 Å². The van der Waals surface area contributed by atoms with Crippen molar-refractivity contribution >= 4 is 39.6 Å². The van der Waals surface area contributed by atoms with Gasteiger partial charge in [0, 0.05) is 5.39 Å². The smallest absolute Gasteiger partial charge is 0.286 e. The Balaban J connectivity index is 1.36. The van der Waals surface area contributed by atoms with Gasteiger partial charge in [0.2, 0.25) is 5.91 Å². The first kappa shape index (κ1) is 17.2. The second kappa shape index (κ2) is 6.91. The number of imide groups is 1. The average molecular weight is 394 g/mol. The number of nitrogens with one attached hydrogen (secondary N) is 1. The van der Waals surface area contributed by atoms with Gasteiger partial charge in [-0.05, 0) is 42.3 Å². The fraction of sp³-hybridized carbons (Fsp3) is 0.238. The number of furan rings is 1. The van der Waals surface area contributed by atoms with Crippen LogP contribution in [0.4, 0.5) is 10.5 Å². The summed E-state index contributed by atoms with van der Waals surface area (Å²) in [5, 5.41) is 2.71. The highest BCUT2D eigenvalue weighted by Gasteiger charge is 2.31. The summed E-state index contributed by atoms with van der Waals surface area (Å²) in [6.07, 6.45) is 0.523. The summed E-state index contributed by atoms with van der Waals surface area (Å²) < 4.78 is 11.7. The van der Waals surface area contributed by atoms with Gasteiger partial charge in [0.25, 0.3) is 5.24 Å². The number of hydrogen-bond donors (Lipinski definition) is 1. The van der Waals surface area contributed by atoms with Crippen LogP contribution in [-0.4, -0.2) is 29.5 Å². The number of carbonyl (C=O) groups is 2. The van der Waals surface area contributed by atoms with Gasteiger partial charge in [-0.15, -0.1) is 0 Å². The summed E-state index contributed by atoms with van der Waals surface area (Å²) >= 11 is 1.05. The first-order chi connectivity index (χ1) is 13.7. The fourth-order valence-electron chi connectivity index (χ4n) is 3.67. The van der Waals surface area contributed by atoms with Crippen LogP contribution in [0.5, 0.6) is 5.75 Å². The number of carbonyl (C=O) groups excluding carboxylic acids is 2. The van der Waals surface area contributed by atoms with E-state index in [2.05, 4.69) is 16.3 Å². The molecule has 5 rings (SSSR count). The summed E-state index contributed by atoms with van der Waals surface area (Å²) in [4.78, 5) is 25.4. The Hall–Kier alpha value is -2.93. The van der Waals surface area contributed by atoms with E-state index in [-0.39, 0.29) is 16.4 Å². The van der Waals surface area contributed by atoms with Gasteiger partial charge in [0.1, 0.15) is 23.7 Å². The van der Waals surface area contributed by atoms with E-state index in [1.165, 1.54) is 0 Å². The summed E-state index contributed by atoms with van der Waals surface area (Å²) in [6, 6.07) is 16.0. The highest BCUT2D eigenvalue weighted by Crippen LogP contribution is 2.33. The monoisotopic (exact) mass is 394 g/mol. The lowest BCUT2D eigenvalue weighted by molar-refractivity contribution is -0.118. The molecule has 1 N–H and O–H groups in total. The number of thioether (sulfide) groups is 1. The number of fused-ring (bicyclic) bond motifs is 2. The second-order valence-corrected chi connectivity index (χ2v) is 8.09. The van der Waals surface area contributed by atoms with Crippen molar-refractivity contribution in [3.8, 4) is 5.75 Å². The molecule has 1 aromatic heterocycles. The van der Waals surface area contributed by atoms with Crippen molar-refractivity contribution in [2.45, 2.75) is 18.2 Å². The van der Waals surface area contributed by atoms with Gasteiger partial charge < -0.3 is 14.1 Å². The van der Waals surface area contributed by atoms with Crippen LogP contribution in [0.3, 0.4) is 0 Å². The number of nitrogens with zero attached hydrogens (tertiary/aromatic N) is 1. The van der Waals surface area contributed by atoms with Crippen LogP contribution in [0, 0.1) is 0 Å². The molecule has 2 aliphatic rings. The predicted molar refractivity (Wildman–Crippen MR) is 108 cm³/mol. The van der Waals surface area contributed by atoms with E-state index in [0.29, 0.717) is 19.6 Å². The number of benzene rings is 2. The molecule has 2 aromatic carbocycles. The van der Waals surface area contributed by atoms with E-state index in [4.69, 9.17) is 9.15 Å². The Morgan fingerprint density at radius 1 is 1.14 bits per heavy atom. The first-order valence-corrected chi connectivity index (χ1v) is 10.0. The summed E-state index contributed by atoms with van der Waals surface area (Å²) in [6.45, 7) is 2.13. The maximum absolute atomic E-state index is 11.8. The number of para-hydroxylation sites is 2. The van der Waals surface area contributed by atoms with Gasteiger partial charge in [-0.1, -0.05) is 30.0 Å². The molecule has 7 heteroatoms. The third-order valence-corrected chi connectivity index (χ3v) is 5.97. The molecule has 1 unspecified atom stereocenters. The maximum Gasteiger partial charge on any atom is 0.286 e. The zero-order valence-corrected chi connectivity index (χ0v) is 15.8. The minimum absolute atomic E-state index is 0.214. The zero-order valence-electron chi connectivity index (χ0n) is 15.0. The van der Waals surface area contributed by atoms with Crippen LogP contribution >= 0.6 is 11.8 Å². The quantitative estimate of drug-likeness (QED) is 0.727. The van der Waals surface area contributed by atoms with Gasteiger partial charge in [-0.3, -0.25) is 14.9 Å². The van der Waals surface area contributed by atoms with Crippen LogP contribution in [0.15, 0.2) is 52.9 Å². The standard InChI is InChI=1S/C21H18N2O4S/c24-20-19(28-21(25)22-20)10-13-5-6-17-14(9-13)11-15(27-17)12-23-7-8-26-18-4-2-1-3-16(18)23/h1-6,9,11,19H,7-8,10,12H2,(H,22,24,25). The summed E-state index contributed by atoms with van der Waals surface area (Å²) in [7, 11) is 0. The van der Waals surface area contributed by atoms with Crippen molar-refractivity contribution in [3.05, 3.63) is 59.9 Å². The fourth-order valence-corrected chi connectivity index (χ4v) is 4.53. The molecule has 2 aliphatic heterocycles. The summed E-state index contributed by atoms with van der Waals surface area (Å²) in [5.41, 5.74) is 2.91. The molecular weight excluding hydrogens is 376 g/mol. The number of ether oxygens (including phenoxy) is 1. The number of anilines is 1. The Kier molecular flexibility index (Phi) is 4.24. The van der Waals surface area contributed by atoms with E-state index in [1.807, 2.05) is 42.5 Å². The molecule has 28 heavy (non-hydrogen) atoms. The van der Waals surface area contributed by atoms with Crippen molar-refractivity contribution in [3.63, 3.8) is 0 Å². The molecule has 1 saturated heterocycles. The molecule has 0 bridgehead atoms. The minimum atomic E-state index is -0.360. The Morgan fingerprint density at radius 3 is 2.89 bits per heavy atom. The van der Waals surface area contributed by atoms with Crippen LogP contribution in [-0.2, 0) is 17.8 Å². The largest absolute Gasteiger partial charge is 0.490 e. The molecule has 3 aromatic rings. The van der Waals surface area contributed by atoms with E-state index in [0.717, 1.165) is 52.0 Å². The molecule has 0 saturated carbocycles. The second-order valence-electron chi connectivity index (χ2n) is 6.91.